The topological polar surface area (TPSA) is 90.8 Å². The van der Waals surface area contributed by atoms with Gasteiger partial charge in [0, 0.05) is 20.1 Å². The Labute approximate surface area is 145 Å². The van der Waals surface area contributed by atoms with Crippen LogP contribution < -0.4 is 0 Å². The lowest BCUT2D eigenvalue weighted by Crippen LogP contribution is -2.46. The summed E-state index contributed by atoms with van der Waals surface area (Å²) >= 11 is 1.36. The lowest BCUT2D eigenvalue weighted by Gasteiger charge is -2.31. The average Bonchev–Trinajstić information content (AvgIpc) is 3.03. The van der Waals surface area contributed by atoms with E-state index < -0.39 is 11.9 Å². The van der Waals surface area contributed by atoms with Gasteiger partial charge in [0.2, 0.25) is 5.91 Å². The smallest absolute Gasteiger partial charge is 0.308 e. The molecule has 1 aliphatic heterocycles. The summed E-state index contributed by atoms with van der Waals surface area (Å²) in [6.07, 6.45) is 4.63. The van der Waals surface area contributed by atoms with Crippen LogP contribution in [0.1, 0.15) is 40.9 Å². The molecule has 1 unspecified atom stereocenters. The Morgan fingerprint density at radius 1 is 1.46 bits per heavy atom. The Balaban J connectivity index is 1.92. The van der Waals surface area contributed by atoms with Crippen molar-refractivity contribution in [3.05, 3.63) is 16.1 Å². The van der Waals surface area contributed by atoms with Crippen molar-refractivity contribution < 1.29 is 19.5 Å². The van der Waals surface area contributed by atoms with Gasteiger partial charge in [-0.3, -0.25) is 14.4 Å². The molecule has 2 rings (SSSR count). The Bertz CT molecular complexity index is 616. The molecule has 0 aromatic carbocycles. The predicted octanol–water partition coefficient (Wildman–Crippen LogP) is 1.49. The number of carboxylic acids is 1. The van der Waals surface area contributed by atoms with E-state index in [1.54, 1.807) is 18.1 Å². The van der Waals surface area contributed by atoms with E-state index in [0.717, 1.165) is 17.8 Å². The molecule has 24 heavy (non-hydrogen) atoms. The van der Waals surface area contributed by atoms with Crippen molar-refractivity contribution in [2.24, 2.45) is 5.92 Å². The molecule has 8 heteroatoms. The van der Waals surface area contributed by atoms with Gasteiger partial charge in [-0.05, 0) is 25.7 Å². The summed E-state index contributed by atoms with van der Waals surface area (Å²) in [5, 5.41) is 10.0. The van der Waals surface area contributed by atoms with E-state index in [0.29, 0.717) is 24.3 Å². The zero-order chi connectivity index (χ0) is 17.7. The Morgan fingerprint density at radius 3 is 2.88 bits per heavy atom. The maximum absolute atomic E-state index is 12.4. The maximum Gasteiger partial charge on any atom is 0.308 e. The Morgan fingerprint density at radius 2 is 2.21 bits per heavy atom. The quantitative estimate of drug-likeness (QED) is 0.837. The number of carbonyl (C=O) groups is 3. The molecule has 1 aromatic rings. The SMILES string of the molecule is CCCc1ncc(C(=O)N(C)CC(=O)N2CCCC(C(=O)O)C2)s1. The molecule has 0 aliphatic carbocycles. The van der Waals surface area contributed by atoms with E-state index in [1.807, 2.05) is 0 Å². The highest BCUT2D eigenvalue weighted by Gasteiger charge is 2.29. The summed E-state index contributed by atoms with van der Waals surface area (Å²) in [5.74, 6) is -1.82. The second-order valence-corrected chi connectivity index (χ2v) is 7.16. The van der Waals surface area contributed by atoms with E-state index in [9.17, 15) is 14.4 Å². The monoisotopic (exact) mass is 353 g/mol. The van der Waals surface area contributed by atoms with Gasteiger partial charge in [-0.2, -0.15) is 0 Å². The summed E-state index contributed by atoms with van der Waals surface area (Å²) < 4.78 is 0. The molecule has 132 valence electrons. The number of hydrogen-bond acceptors (Lipinski definition) is 5. The van der Waals surface area contributed by atoms with Crippen molar-refractivity contribution in [3.63, 3.8) is 0 Å². The van der Waals surface area contributed by atoms with Gasteiger partial charge in [-0.25, -0.2) is 4.98 Å². The Hall–Kier alpha value is -1.96. The molecular formula is C16H23N3O4S. The normalized spacial score (nSPS) is 17.6. The number of nitrogens with zero attached hydrogens (tertiary/aromatic N) is 3. The minimum atomic E-state index is -0.870. The first-order valence-corrected chi connectivity index (χ1v) is 8.94. The molecule has 1 atom stereocenters. The van der Waals surface area contributed by atoms with E-state index in [-0.39, 0.29) is 24.9 Å². The number of amides is 2. The number of likely N-dealkylation sites (tertiary alicyclic amines) is 1. The summed E-state index contributed by atoms with van der Waals surface area (Å²) in [5.41, 5.74) is 0. The number of hydrogen-bond donors (Lipinski definition) is 1. The first-order chi connectivity index (χ1) is 11.4. The molecule has 2 amide bonds. The number of aromatic nitrogens is 1. The van der Waals surface area contributed by atoms with E-state index in [4.69, 9.17) is 5.11 Å². The minimum absolute atomic E-state index is 0.0494. The van der Waals surface area contributed by atoms with Crippen molar-refractivity contribution in [2.45, 2.75) is 32.6 Å². The molecule has 1 aliphatic rings. The van der Waals surface area contributed by atoms with Crippen LogP contribution in [0.3, 0.4) is 0 Å². The van der Waals surface area contributed by atoms with Crippen LogP contribution in [0, 0.1) is 5.92 Å². The molecule has 1 saturated heterocycles. The van der Waals surface area contributed by atoms with Gasteiger partial charge in [0.25, 0.3) is 5.91 Å². The van der Waals surface area contributed by atoms with Crippen LogP contribution in [0.5, 0.6) is 0 Å². The van der Waals surface area contributed by atoms with Crippen molar-refractivity contribution in [3.8, 4) is 0 Å². The van der Waals surface area contributed by atoms with Crippen molar-refractivity contribution in [1.29, 1.82) is 0 Å². The highest BCUT2D eigenvalue weighted by molar-refractivity contribution is 7.13. The van der Waals surface area contributed by atoms with Gasteiger partial charge in [-0.1, -0.05) is 6.92 Å². The molecule has 2 heterocycles. The highest BCUT2D eigenvalue weighted by atomic mass is 32.1. The van der Waals surface area contributed by atoms with Crippen LogP contribution in [0.15, 0.2) is 6.20 Å². The first-order valence-electron chi connectivity index (χ1n) is 8.13. The molecule has 7 nitrogen and oxygen atoms in total. The van der Waals surface area contributed by atoms with Gasteiger partial charge in [0.15, 0.2) is 0 Å². The van der Waals surface area contributed by atoms with Crippen LogP contribution in [-0.4, -0.2) is 64.4 Å². The number of piperidine rings is 1. The number of thiazole rings is 1. The van der Waals surface area contributed by atoms with Crippen molar-refractivity contribution in [1.82, 2.24) is 14.8 Å². The number of rotatable bonds is 6. The lowest BCUT2D eigenvalue weighted by molar-refractivity contribution is -0.145. The van der Waals surface area contributed by atoms with E-state index in [2.05, 4.69) is 11.9 Å². The summed E-state index contributed by atoms with van der Waals surface area (Å²) in [7, 11) is 1.58. The second kappa shape index (κ2) is 8.23. The van der Waals surface area contributed by atoms with Crippen molar-refractivity contribution >= 4 is 29.1 Å². The van der Waals surface area contributed by atoms with Crippen LogP contribution in [0.25, 0.3) is 0 Å². The molecule has 0 saturated carbocycles. The molecule has 0 spiro atoms. The fraction of sp³-hybridized carbons (Fsp3) is 0.625. The molecule has 0 radical (unpaired) electrons. The van der Waals surface area contributed by atoms with Crippen LogP contribution in [0.4, 0.5) is 0 Å². The van der Waals surface area contributed by atoms with E-state index >= 15 is 0 Å². The molecule has 1 N–H and O–H groups in total. The summed E-state index contributed by atoms with van der Waals surface area (Å²) in [6, 6.07) is 0. The van der Waals surface area contributed by atoms with Gasteiger partial charge in [-0.15, -0.1) is 11.3 Å². The van der Waals surface area contributed by atoms with E-state index in [1.165, 1.54) is 16.2 Å². The maximum atomic E-state index is 12.4. The van der Waals surface area contributed by atoms with Gasteiger partial charge < -0.3 is 14.9 Å². The number of aryl methyl sites for hydroxylation is 1. The van der Waals surface area contributed by atoms with Gasteiger partial charge in [0.1, 0.15) is 4.88 Å². The predicted molar refractivity (Wildman–Crippen MR) is 90.0 cm³/mol. The zero-order valence-electron chi connectivity index (χ0n) is 14.0. The zero-order valence-corrected chi connectivity index (χ0v) is 14.8. The van der Waals surface area contributed by atoms with Crippen LogP contribution >= 0.6 is 11.3 Å². The van der Waals surface area contributed by atoms with Crippen LogP contribution in [0.2, 0.25) is 0 Å². The fourth-order valence-electron chi connectivity index (χ4n) is 2.71. The number of aliphatic carboxylic acids is 1. The Kier molecular flexibility index (Phi) is 6.30. The largest absolute Gasteiger partial charge is 0.481 e. The molecule has 0 bridgehead atoms. The molecule has 1 aromatic heterocycles. The van der Waals surface area contributed by atoms with Crippen LogP contribution in [-0.2, 0) is 16.0 Å². The van der Waals surface area contributed by atoms with Crippen molar-refractivity contribution in [2.75, 3.05) is 26.7 Å². The summed E-state index contributed by atoms with van der Waals surface area (Å²) in [4.78, 5) is 43.5. The number of carbonyl (C=O) groups excluding carboxylic acids is 2. The number of likely N-dealkylation sites (N-methyl/N-ethyl adjacent to an activating group) is 1. The lowest BCUT2D eigenvalue weighted by atomic mass is 9.98. The first kappa shape index (κ1) is 18.4. The third-order valence-electron chi connectivity index (χ3n) is 4.07. The average molecular weight is 353 g/mol. The van der Waals surface area contributed by atoms with Gasteiger partial charge in [0.05, 0.1) is 23.7 Å². The standard InChI is InChI=1S/C16H23N3O4S/c1-3-5-13-17-8-12(24-13)15(21)18(2)10-14(20)19-7-4-6-11(9-19)16(22)23/h8,11H,3-7,9-10H2,1-2H3,(H,22,23). The minimum Gasteiger partial charge on any atom is -0.481 e. The second-order valence-electron chi connectivity index (χ2n) is 6.05. The molecular weight excluding hydrogens is 330 g/mol. The highest BCUT2D eigenvalue weighted by Crippen LogP contribution is 2.18. The molecule has 1 fully saturated rings. The summed E-state index contributed by atoms with van der Waals surface area (Å²) in [6.45, 7) is 2.77. The number of carboxylic acid groups (broad SMARTS) is 1. The van der Waals surface area contributed by atoms with Gasteiger partial charge >= 0.3 is 5.97 Å². The third kappa shape index (κ3) is 4.53. The third-order valence-corrected chi connectivity index (χ3v) is 5.12. The fourth-order valence-corrected chi connectivity index (χ4v) is 3.72.